The van der Waals surface area contributed by atoms with Gasteiger partial charge in [-0.1, -0.05) is 24.3 Å². The predicted octanol–water partition coefficient (Wildman–Crippen LogP) is 3.34. The van der Waals surface area contributed by atoms with Crippen LogP contribution >= 0.6 is 22.6 Å². The zero-order valence-electron chi connectivity index (χ0n) is 11.3. The molecule has 1 aliphatic rings. The molecule has 0 saturated heterocycles. The molecule has 1 heterocycles. The second-order valence-electron chi connectivity index (χ2n) is 5.46. The van der Waals surface area contributed by atoms with Gasteiger partial charge in [0.2, 0.25) is 0 Å². The minimum absolute atomic E-state index is 0.0582. The molecule has 0 amide bonds. The fraction of sp³-hybridized carbons (Fsp3) is 0.176. The molecule has 21 heavy (non-hydrogen) atoms. The highest BCUT2D eigenvalue weighted by molar-refractivity contribution is 14.1. The number of nitrogens with zero attached hydrogens (tertiary/aromatic N) is 2. The van der Waals surface area contributed by atoms with E-state index in [1.54, 1.807) is 10.9 Å². The van der Waals surface area contributed by atoms with Gasteiger partial charge >= 0.3 is 0 Å². The van der Waals surface area contributed by atoms with Gasteiger partial charge in [0.1, 0.15) is 0 Å². The van der Waals surface area contributed by atoms with Crippen LogP contribution in [0.2, 0.25) is 0 Å². The van der Waals surface area contributed by atoms with E-state index in [9.17, 15) is 4.79 Å². The van der Waals surface area contributed by atoms with Crippen LogP contribution in [-0.4, -0.2) is 9.55 Å². The molecule has 0 bridgehead atoms. The average Bonchev–Trinajstić information content (AvgIpc) is 2.47. The molecule has 3 nitrogen and oxygen atoms in total. The number of benzene rings is 2. The van der Waals surface area contributed by atoms with Gasteiger partial charge in [0, 0.05) is 16.0 Å². The lowest BCUT2D eigenvalue weighted by Gasteiger charge is -2.30. The Morgan fingerprint density at radius 2 is 2.10 bits per heavy atom. The predicted molar refractivity (Wildman–Crippen MR) is 91.6 cm³/mol. The molecule has 2 aromatic carbocycles. The van der Waals surface area contributed by atoms with Crippen LogP contribution in [0.25, 0.3) is 10.9 Å². The largest absolute Gasteiger partial charge is 0.298 e. The van der Waals surface area contributed by atoms with Crippen molar-refractivity contribution in [2.75, 3.05) is 0 Å². The van der Waals surface area contributed by atoms with Gasteiger partial charge in [0.05, 0.1) is 17.2 Å². The first-order valence-electron chi connectivity index (χ1n) is 6.95. The van der Waals surface area contributed by atoms with Crippen LogP contribution in [0.3, 0.4) is 0 Å². The van der Waals surface area contributed by atoms with E-state index in [4.69, 9.17) is 0 Å². The number of hydrogen-bond acceptors (Lipinski definition) is 2. The van der Waals surface area contributed by atoms with Crippen LogP contribution in [0.5, 0.6) is 0 Å². The SMILES string of the molecule is O=c1c2cc(I)ccc2ncn1CC1Cc2ccccc21. The van der Waals surface area contributed by atoms with Gasteiger partial charge in [0.15, 0.2) is 0 Å². The van der Waals surface area contributed by atoms with Crippen molar-refractivity contribution in [3.05, 3.63) is 73.8 Å². The van der Waals surface area contributed by atoms with Gasteiger partial charge in [-0.3, -0.25) is 9.36 Å². The van der Waals surface area contributed by atoms with Gasteiger partial charge in [-0.05, 0) is 58.3 Å². The Bertz CT molecular complexity index is 901. The van der Waals surface area contributed by atoms with Crippen molar-refractivity contribution in [1.82, 2.24) is 9.55 Å². The Balaban J connectivity index is 1.72. The third-order valence-corrected chi connectivity index (χ3v) is 4.84. The van der Waals surface area contributed by atoms with E-state index in [2.05, 4.69) is 51.8 Å². The molecule has 0 fully saturated rings. The van der Waals surface area contributed by atoms with Gasteiger partial charge in [-0.25, -0.2) is 4.98 Å². The molecule has 4 rings (SSSR count). The first kappa shape index (κ1) is 13.0. The number of fused-ring (bicyclic) bond motifs is 2. The van der Waals surface area contributed by atoms with Crippen molar-refractivity contribution < 1.29 is 0 Å². The van der Waals surface area contributed by atoms with E-state index in [0.717, 1.165) is 15.5 Å². The molecule has 0 spiro atoms. The Kier molecular flexibility index (Phi) is 3.06. The lowest BCUT2D eigenvalue weighted by Crippen LogP contribution is -2.28. The minimum atomic E-state index is 0.0582. The van der Waals surface area contributed by atoms with E-state index in [-0.39, 0.29) is 5.56 Å². The molecule has 0 radical (unpaired) electrons. The quantitative estimate of drug-likeness (QED) is 0.632. The number of hydrogen-bond donors (Lipinski definition) is 0. The molecule has 0 aliphatic heterocycles. The molecular weight excluding hydrogens is 375 g/mol. The van der Waals surface area contributed by atoms with Gasteiger partial charge in [-0.2, -0.15) is 0 Å². The summed E-state index contributed by atoms with van der Waals surface area (Å²) in [6.45, 7) is 0.713. The minimum Gasteiger partial charge on any atom is -0.298 e. The maximum atomic E-state index is 12.6. The lowest BCUT2D eigenvalue weighted by atomic mass is 9.77. The monoisotopic (exact) mass is 388 g/mol. The second-order valence-corrected chi connectivity index (χ2v) is 6.71. The highest BCUT2D eigenvalue weighted by Gasteiger charge is 2.26. The van der Waals surface area contributed by atoms with Crippen LogP contribution in [0.15, 0.2) is 53.6 Å². The molecule has 0 saturated carbocycles. The Morgan fingerprint density at radius 1 is 1.24 bits per heavy atom. The average molecular weight is 388 g/mol. The van der Waals surface area contributed by atoms with E-state index in [1.807, 2.05) is 18.2 Å². The highest BCUT2D eigenvalue weighted by atomic mass is 127. The number of aromatic nitrogens is 2. The third kappa shape index (κ3) is 2.18. The zero-order valence-corrected chi connectivity index (χ0v) is 13.4. The third-order valence-electron chi connectivity index (χ3n) is 4.16. The van der Waals surface area contributed by atoms with Crippen molar-refractivity contribution >= 4 is 33.5 Å². The summed E-state index contributed by atoms with van der Waals surface area (Å²) in [6.07, 6.45) is 2.73. The van der Waals surface area contributed by atoms with E-state index in [0.29, 0.717) is 17.8 Å². The normalized spacial score (nSPS) is 16.5. The van der Waals surface area contributed by atoms with Gasteiger partial charge in [0.25, 0.3) is 5.56 Å². The van der Waals surface area contributed by atoms with Crippen LogP contribution in [0.4, 0.5) is 0 Å². The standard InChI is InChI=1S/C17H13IN2O/c18-13-5-6-16-15(8-13)17(21)20(10-19-16)9-12-7-11-3-1-2-4-14(11)12/h1-6,8,10,12H,7,9H2. The Morgan fingerprint density at radius 3 is 2.95 bits per heavy atom. The maximum absolute atomic E-state index is 12.6. The molecule has 0 N–H and O–H groups in total. The smallest absolute Gasteiger partial charge is 0.261 e. The van der Waals surface area contributed by atoms with Crippen molar-refractivity contribution in [2.45, 2.75) is 18.9 Å². The van der Waals surface area contributed by atoms with E-state index >= 15 is 0 Å². The zero-order chi connectivity index (χ0) is 14.4. The summed E-state index contributed by atoms with van der Waals surface area (Å²) in [5.74, 6) is 0.431. The van der Waals surface area contributed by atoms with Crippen LogP contribution in [0, 0.1) is 3.57 Å². The summed E-state index contributed by atoms with van der Waals surface area (Å²) in [6, 6.07) is 14.2. The van der Waals surface area contributed by atoms with Gasteiger partial charge < -0.3 is 0 Å². The second kappa shape index (κ2) is 4.94. The topological polar surface area (TPSA) is 34.9 Å². The van der Waals surface area contributed by atoms with E-state index in [1.165, 1.54) is 11.1 Å². The molecule has 1 aliphatic carbocycles. The van der Waals surface area contributed by atoms with Crippen molar-refractivity contribution in [1.29, 1.82) is 0 Å². The fourth-order valence-electron chi connectivity index (χ4n) is 3.02. The van der Waals surface area contributed by atoms with Crippen LogP contribution < -0.4 is 5.56 Å². The molecular formula is C17H13IN2O. The van der Waals surface area contributed by atoms with Gasteiger partial charge in [-0.15, -0.1) is 0 Å². The Hall–Kier alpha value is -1.69. The highest BCUT2D eigenvalue weighted by Crippen LogP contribution is 2.35. The summed E-state index contributed by atoms with van der Waals surface area (Å²) in [5.41, 5.74) is 3.60. The molecule has 104 valence electrons. The molecule has 1 aromatic heterocycles. The molecule has 1 atom stereocenters. The van der Waals surface area contributed by atoms with Crippen molar-refractivity contribution in [3.63, 3.8) is 0 Å². The fourth-order valence-corrected chi connectivity index (χ4v) is 3.52. The summed E-state index contributed by atoms with van der Waals surface area (Å²) < 4.78 is 2.81. The van der Waals surface area contributed by atoms with Crippen LogP contribution in [-0.2, 0) is 13.0 Å². The summed E-state index contributed by atoms with van der Waals surface area (Å²) in [5, 5.41) is 0.706. The van der Waals surface area contributed by atoms with Crippen molar-refractivity contribution in [3.8, 4) is 0 Å². The summed E-state index contributed by atoms with van der Waals surface area (Å²) in [4.78, 5) is 17.0. The first-order valence-corrected chi connectivity index (χ1v) is 8.03. The lowest BCUT2D eigenvalue weighted by molar-refractivity contribution is 0.496. The number of halogens is 1. The molecule has 4 heteroatoms. The molecule has 3 aromatic rings. The van der Waals surface area contributed by atoms with E-state index < -0.39 is 0 Å². The maximum Gasteiger partial charge on any atom is 0.261 e. The summed E-state index contributed by atoms with van der Waals surface area (Å²) in [7, 11) is 0. The van der Waals surface area contributed by atoms with Crippen LogP contribution in [0.1, 0.15) is 17.0 Å². The summed E-state index contributed by atoms with van der Waals surface area (Å²) >= 11 is 2.22. The molecule has 1 unspecified atom stereocenters. The Labute approximate surface area is 135 Å². The first-order chi connectivity index (χ1) is 10.2. The number of rotatable bonds is 2. The van der Waals surface area contributed by atoms with Crippen molar-refractivity contribution in [2.24, 2.45) is 0 Å².